The second-order valence-corrected chi connectivity index (χ2v) is 9.40. The van der Waals surface area contributed by atoms with Gasteiger partial charge in [0.1, 0.15) is 0 Å². The number of benzene rings is 4. The van der Waals surface area contributed by atoms with Gasteiger partial charge in [0.15, 0.2) is 34.5 Å². The van der Waals surface area contributed by atoms with Crippen molar-refractivity contribution in [3.8, 4) is 28.7 Å². The van der Waals surface area contributed by atoms with E-state index in [9.17, 15) is 34.5 Å². The number of carbonyl (C=O) groups is 1. The Morgan fingerprint density at radius 2 is 1.55 bits per heavy atom. The van der Waals surface area contributed by atoms with Crippen molar-refractivity contribution >= 4 is 29.7 Å². The molecule has 224 valence electrons. The van der Waals surface area contributed by atoms with Gasteiger partial charge in [-0.3, -0.25) is 20.2 Å². The van der Waals surface area contributed by atoms with Gasteiger partial charge < -0.3 is 23.7 Å². The highest BCUT2D eigenvalue weighted by Gasteiger charge is 2.56. The first-order valence-electron chi connectivity index (χ1n) is 11.8. The minimum Gasteiger partial charge on any atom is -0.503 e. The molecule has 0 radical (unpaired) electrons. The van der Waals surface area contributed by atoms with Crippen LogP contribution in [0.5, 0.6) is 28.7 Å². The lowest BCUT2D eigenvalue weighted by Crippen LogP contribution is -2.34. The molecule has 1 atom stereocenters. The molecule has 0 aromatic heterocycles. The molecule has 4 aromatic carbocycles. The zero-order chi connectivity index (χ0) is 31.5. The van der Waals surface area contributed by atoms with Crippen molar-refractivity contribution in [1.29, 1.82) is 0 Å². The van der Waals surface area contributed by atoms with Crippen LogP contribution in [-0.2, 0) is 14.7 Å². The number of esters is 1. The van der Waals surface area contributed by atoms with E-state index in [4.69, 9.17) is 13.7 Å². The molecule has 2 heterocycles. The molecule has 1 unspecified atom stereocenters. The number of phenolic OH excluding ortho intramolecular Hbond substituents is 1. The molecule has 4 aromatic rings. The molecular formula is C26H10F4N2O11S. The number of nitrogens with zero attached hydrogens (tertiary/aromatic N) is 2. The Labute approximate surface area is 244 Å². The van der Waals surface area contributed by atoms with Crippen LogP contribution in [0, 0.1) is 43.5 Å². The summed E-state index contributed by atoms with van der Waals surface area (Å²) >= 11 is -0.246. The standard InChI is InChI=1S/C26H10F4N2O11S/c27-15-8-13-22(19(29)21(15)33)39-23-14(26(13)12-4-2-1-3-11(12)25(34)40-26)9-16(28)24(20(23)30)42-44-43-41-18-6-5-10(31(35)36)7-17(18)32(37)38/h1-9,33H. The summed E-state index contributed by atoms with van der Waals surface area (Å²) < 4.78 is 81.2. The highest BCUT2D eigenvalue weighted by atomic mass is 32.2. The van der Waals surface area contributed by atoms with Gasteiger partial charge in [0, 0.05) is 11.6 Å². The monoisotopic (exact) mass is 634 g/mol. The van der Waals surface area contributed by atoms with Crippen molar-refractivity contribution in [2.45, 2.75) is 5.60 Å². The summed E-state index contributed by atoms with van der Waals surface area (Å²) in [5.41, 5.74) is -5.00. The second-order valence-electron chi connectivity index (χ2n) is 8.96. The van der Waals surface area contributed by atoms with Crippen molar-refractivity contribution in [2.75, 3.05) is 0 Å². The molecule has 0 fully saturated rings. The van der Waals surface area contributed by atoms with Crippen LogP contribution in [-0.4, -0.2) is 20.9 Å². The molecule has 0 saturated heterocycles. The van der Waals surface area contributed by atoms with Crippen LogP contribution >= 0.6 is 12.3 Å². The lowest BCUT2D eigenvalue weighted by Gasteiger charge is -2.36. The number of phenols is 1. The van der Waals surface area contributed by atoms with Crippen LogP contribution in [0.1, 0.15) is 27.0 Å². The minimum absolute atomic E-state index is 0.0384. The van der Waals surface area contributed by atoms with Crippen LogP contribution in [0.2, 0.25) is 0 Å². The minimum atomic E-state index is -2.33. The molecule has 2 aliphatic rings. The van der Waals surface area contributed by atoms with Gasteiger partial charge in [0.25, 0.3) is 18.0 Å². The Balaban J connectivity index is 1.37. The molecule has 2 aliphatic heterocycles. The average molecular weight is 634 g/mol. The molecule has 0 aliphatic carbocycles. The van der Waals surface area contributed by atoms with Gasteiger partial charge in [0.05, 0.1) is 32.6 Å². The lowest BCUT2D eigenvalue weighted by molar-refractivity contribution is -0.395. The van der Waals surface area contributed by atoms with Crippen LogP contribution in [0.4, 0.5) is 28.9 Å². The van der Waals surface area contributed by atoms with Crippen molar-refractivity contribution in [2.24, 2.45) is 0 Å². The smallest absolute Gasteiger partial charge is 0.340 e. The van der Waals surface area contributed by atoms with Crippen LogP contribution in [0.3, 0.4) is 0 Å². The molecule has 13 nitrogen and oxygen atoms in total. The molecule has 0 saturated carbocycles. The SMILES string of the molecule is O=C1OC2(c3ccccc31)c1cc(F)c(O)c(F)c1Oc1c2cc(F)c(OSOOc2ccc([N+](=O)[O-])cc2[N+](=O)[O-])c1F. The van der Waals surface area contributed by atoms with Crippen molar-refractivity contribution in [3.05, 3.63) is 120 Å². The molecule has 1 spiro atoms. The number of aromatic hydroxyl groups is 1. The van der Waals surface area contributed by atoms with Gasteiger partial charge in [-0.05, 0) is 24.3 Å². The Morgan fingerprint density at radius 1 is 0.864 bits per heavy atom. The number of fused-ring (bicyclic) bond motifs is 6. The zero-order valence-corrected chi connectivity index (χ0v) is 21.9. The quantitative estimate of drug-likeness (QED) is 0.0459. The number of nitro groups is 2. The average Bonchev–Trinajstić information content (AvgIpc) is 3.29. The summed E-state index contributed by atoms with van der Waals surface area (Å²) in [5.74, 6) is -12.4. The fraction of sp³-hybridized carbons (Fsp3) is 0.0385. The third-order valence-electron chi connectivity index (χ3n) is 6.63. The highest BCUT2D eigenvalue weighted by Crippen LogP contribution is 2.59. The topological polar surface area (TPSA) is 170 Å². The summed E-state index contributed by atoms with van der Waals surface area (Å²) in [7, 11) is 0. The lowest BCUT2D eigenvalue weighted by atomic mass is 9.77. The molecule has 44 heavy (non-hydrogen) atoms. The third kappa shape index (κ3) is 4.18. The molecule has 0 amide bonds. The summed E-state index contributed by atoms with van der Waals surface area (Å²) in [6.07, 6.45) is 0. The third-order valence-corrected chi connectivity index (χ3v) is 6.99. The van der Waals surface area contributed by atoms with Gasteiger partial charge in [-0.15, -0.1) is 0 Å². The van der Waals surface area contributed by atoms with Gasteiger partial charge in [-0.25, -0.2) is 13.6 Å². The zero-order valence-electron chi connectivity index (χ0n) is 21.0. The van der Waals surface area contributed by atoms with Crippen molar-refractivity contribution in [3.63, 3.8) is 0 Å². The number of ether oxygens (including phenoxy) is 2. The van der Waals surface area contributed by atoms with Gasteiger partial charge in [-0.1, -0.05) is 22.5 Å². The number of hydrogen-bond donors (Lipinski definition) is 1. The molecule has 0 bridgehead atoms. The fourth-order valence-electron chi connectivity index (χ4n) is 4.77. The number of hydrogen-bond acceptors (Lipinski definition) is 12. The summed E-state index contributed by atoms with van der Waals surface area (Å²) in [5, 5.41) is 32.0. The van der Waals surface area contributed by atoms with E-state index in [-0.39, 0.29) is 23.5 Å². The summed E-state index contributed by atoms with van der Waals surface area (Å²) in [6, 6.07) is 9.05. The van der Waals surface area contributed by atoms with E-state index in [1.54, 1.807) is 0 Å². The Hall–Kier alpha value is -5.62. The predicted octanol–water partition coefficient (Wildman–Crippen LogP) is 6.29. The van der Waals surface area contributed by atoms with Crippen LogP contribution < -0.4 is 13.8 Å². The normalized spacial score (nSPS) is 16.0. The Kier molecular flexibility index (Phi) is 6.66. The first kappa shape index (κ1) is 28.5. The fourth-order valence-corrected chi connectivity index (χ4v) is 5.12. The van der Waals surface area contributed by atoms with E-state index in [1.165, 1.54) is 24.3 Å². The molecular weight excluding hydrogens is 624 g/mol. The van der Waals surface area contributed by atoms with Gasteiger partial charge in [-0.2, -0.15) is 8.78 Å². The molecule has 18 heteroatoms. The van der Waals surface area contributed by atoms with E-state index >= 15 is 13.2 Å². The number of nitro benzene ring substituents is 2. The first-order chi connectivity index (χ1) is 21.0. The van der Waals surface area contributed by atoms with E-state index in [1.807, 2.05) is 0 Å². The molecule has 6 rings (SSSR count). The largest absolute Gasteiger partial charge is 0.503 e. The molecule has 1 N–H and O–H groups in total. The number of rotatable bonds is 7. The van der Waals surface area contributed by atoms with Gasteiger partial charge >= 0.3 is 11.7 Å². The van der Waals surface area contributed by atoms with Gasteiger partial charge in [0.2, 0.25) is 23.1 Å². The maximum atomic E-state index is 15.8. The van der Waals surface area contributed by atoms with E-state index in [0.717, 1.165) is 12.1 Å². The Bertz CT molecular complexity index is 1940. The van der Waals surface area contributed by atoms with Crippen LogP contribution in [0.25, 0.3) is 0 Å². The number of non-ortho nitro benzene ring substituents is 1. The summed E-state index contributed by atoms with van der Waals surface area (Å²) in [6.45, 7) is 0. The number of carbonyl (C=O) groups excluding carboxylic acids is 1. The highest BCUT2D eigenvalue weighted by molar-refractivity contribution is 7.90. The number of halogens is 4. The van der Waals surface area contributed by atoms with Crippen molar-refractivity contribution in [1.82, 2.24) is 0 Å². The summed E-state index contributed by atoms with van der Waals surface area (Å²) in [4.78, 5) is 37.7. The maximum absolute atomic E-state index is 15.8. The van der Waals surface area contributed by atoms with Crippen molar-refractivity contribution < 1.29 is 60.2 Å². The predicted molar refractivity (Wildman–Crippen MR) is 136 cm³/mol. The van der Waals surface area contributed by atoms with E-state index in [2.05, 4.69) is 9.22 Å². The maximum Gasteiger partial charge on any atom is 0.340 e. The van der Waals surface area contributed by atoms with Crippen LogP contribution in [0.15, 0.2) is 54.6 Å². The Morgan fingerprint density at radius 3 is 2.25 bits per heavy atom. The van der Waals surface area contributed by atoms with E-state index in [0.29, 0.717) is 18.2 Å². The van der Waals surface area contributed by atoms with E-state index < -0.39 is 95.9 Å². The first-order valence-corrected chi connectivity index (χ1v) is 12.5. The second kappa shape index (κ2) is 10.3.